The number of carbonyl (C=O) groups is 2. The number of ether oxygens (including phenoxy) is 4. The summed E-state index contributed by atoms with van der Waals surface area (Å²) in [5.41, 5.74) is 6.54. The Labute approximate surface area is 490 Å². The van der Waals surface area contributed by atoms with E-state index in [1.807, 2.05) is 52.0 Å². The van der Waals surface area contributed by atoms with Gasteiger partial charge in [-0.05, 0) is 221 Å². The van der Waals surface area contributed by atoms with E-state index in [0.29, 0.717) is 79.4 Å². The lowest BCUT2D eigenvalue weighted by atomic mass is 10.0. The van der Waals surface area contributed by atoms with Crippen LogP contribution in [0.25, 0.3) is 0 Å². The maximum atomic E-state index is 13.1. The first kappa shape index (κ1) is 61.2. The Bertz CT molecular complexity index is 3990. The van der Waals surface area contributed by atoms with Crippen molar-refractivity contribution >= 4 is 31.2 Å². The van der Waals surface area contributed by atoms with Crippen molar-refractivity contribution in [1.29, 1.82) is 10.5 Å². The summed E-state index contributed by atoms with van der Waals surface area (Å²) in [5, 5.41) is 18.7. The van der Waals surface area contributed by atoms with Crippen LogP contribution in [-0.4, -0.2) is 28.4 Å². The van der Waals surface area contributed by atoms with Gasteiger partial charge in [0.05, 0.1) is 30.7 Å². The molecule has 0 amide bonds. The van der Waals surface area contributed by atoms with Crippen molar-refractivity contribution in [2.75, 3.05) is 0 Å². The Balaban J connectivity index is 0.000000249. The van der Waals surface area contributed by atoms with Gasteiger partial charge in [0.1, 0.15) is 58.1 Å². The number of hydrogen-bond acceptors (Lipinski definition) is 12. The molecule has 0 aliphatic carbocycles. The van der Waals surface area contributed by atoms with Crippen molar-refractivity contribution in [2.24, 2.45) is 0 Å². The normalized spacial score (nSPS) is 10.7. The zero-order valence-corrected chi connectivity index (χ0v) is 46.4. The number of aryl methyl sites for hydroxylation is 4. The van der Waals surface area contributed by atoms with Gasteiger partial charge in [0.15, 0.2) is 11.6 Å². The van der Waals surface area contributed by atoms with E-state index in [0.717, 1.165) is 22.3 Å². The molecule has 0 atom stereocenters. The van der Waals surface area contributed by atoms with E-state index in [9.17, 15) is 36.9 Å². The molecule has 0 saturated carbocycles. The van der Waals surface area contributed by atoms with Crippen molar-refractivity contribution in [1.82, 2.24) is 0 Å². The quantitative estimate of drug-likeness (QED) is 0.0834. The first-order valence-electron chi connectivity index (χ1n) is 25.5. The number of hydrogen-bond donors (Lipinski definition) is 0. The molecule has 12 nitrogen and oxygen atoms in total. The lowest BCUT2D eigenvalue weighted by Crippen LogP contribution is -2.02. The van der Waals surface area contributed by atoms with E-state index in [1.54, 1.807) is 182 Å². The Morgan fingerprint density at radius 2 is 0.548 bits per heavy atom. The molecule has 420 valence electrons. The molecule has 10 rings (SSSR count). The second-order valence-corrected chi connectivity index (χ2v) is 22.8. The van der Waals surface area contributed by atoms with Gasteiger partial charge in [0, 0.05) is 22.3 Å². The van der Waals surface area contributed by atoms with Gasteiger partial charge in [-0.15, -0.1) is 0 Å². The van der Waals surface area contributed by atoms with Crippen LogP contribution in [0.15, 0.2) is 250 Å². The van der Waals surface area contributed by atoms with Crippen molar-refractivity contribution in [3.8, 4) is 58.1 Å². The number of carbonyl (C=O) groups excluding carboxylic acids is 2. The zero-order chi connectivity index (χ0) is 58.0. The summed E-state index contributed by atoms with van der Waals surface area (Å²) in [6, 6.07) is 67.8. The van der Waals surface area contributed by atoms with Gasteiger partial charge in [0.25, 0.3) is 0 Å². The van der Waals surface area contributed by atoms with Crippen LogP contribution in [0.5, 0.6) is 46.0 Å². The van der Waals surface area contributed by atoms with E-state index >= 15 is 0 Å². The molecule has 0 aliphatic heterocycles. The number of nitrogens with zero attached hydrogens (tertiary/aromatic N) is 2. The molecule has 0 unspecified atom stereocenters. The van der Waals surface area contributed by atoms with Crippen LogP contribution in [0.1, 0.15) is 80.1 Å². The number of benzene rings is 10. The van der Waals surface area contributed by atoms with Crippen LogP contribution >= 0.6 is 0 Å². The molecule has 0 radical (unpaired) electrons. The average Bonchev–Trinajstić information content (AvgIpc) is 3.18. The molecule has 0 heterocycles. The lowest BCUT2D eigenvalue weighted by Gasteiger charge is -2.10. The average molecular weight is 1150 g/mol. The fourth-order valence-corrected chi connectivity index (χ4v) is 10.9. The molecule has 0 aliphatic rings. The van der Waals surface area contributed by atoms with Crippen LogP contribution in [0.3, 0.4) is 0 Å². The predicted octanol–water partition coefficient (Wildman–Crippen LogP) is 16.9. The van der Waals surface area contributed by atoms with Gasteiger partial charge in [-0.25, -0.2) is 16.8 Å². The zero-order valence-electron chi connectivity index (χ0n) is 44.7. The van der Waals surface area contributed by atoms with E-state index in [2.05, 4.69) is 12.1 Å². The number of ketones is 2. The van der Waals surface area contributed by atoms with E-state index in [1.165, 1.54) is 24.3 Å². The first-order chi connectivity index (χ1) is 39.5. The summed E-state index contributed by atoms with van der Waals surface area (Å²) in [4.78, 5) is 26.8. The predicted molar refractivity (Wildman–Crippen MR) is 324 cm³/mol. The van der Waals surface area contributed by atoms with E-state index in [4.69, 9.17) is 18.9 Å². The third kappa shape index (κ3) is 14.4. The topological polar surface area (TPSA) is 187 Å². The van der Waals surface area contributed by atoms with Crippen LogP contribution in [-0.2, 0) is 19.7 Å². The molecule has 0 N–H and O–H groups in total. The minimum Gasteiger partial charge on any atom is -0.457 e. The Morgan fingerprint density at radius 3 is 0.798 bits per heavy atom. The summed E-state index contributed by atoms with van der Waals surface area (Å²) < 4.78 is 75.2. The van der Waals surface area contributed by atoms with Crippen molar-refractivity contribution in [3.05, 3.63) is 286 Å². The van der Waals surface area contributed by atoms with Crippen LogP contribution in [0.2, 0.25) is 0 Å². The van der Waals surface area contributed by atoms with E-state index in [-0.39, 0.29) is 46.0 Å². The molecular formula is C70H58N2O10S2. The fourth-order valence-electron chi connectivity index (χ4n) is 8.38. The first-order valence-corrected chi connectivity index (χ1v) is 28.5. The highest BCUT2D eigenvalue weighted by Crippen LogP contribution is 2.32. The second kappa shape index (κ2) is 26.9. The number of nitriles is 2. The van der Waals surface area contributed by atoms with Gasteiger partial charge in [-0.2, -0.15) is 10.5 Å². The molecule has 0 saturated heterocycles. The minimum absolute atomic E-state index is 0. The third-order valence-electron chi connectivity index (χ3n) is 13.0. The second-order valence-electron chi connectivity index (χ2n) is 18.9. The largest absolute Gasteiger partial charge is 0.457 e. The Hall–Kier alpha value is -10.4. The van der Waals surface area contributed by atoms with Gasteiger partial charge in [-0.1, -0.05) is 74.5 Å². The molecule has 0 spiro atoms. The van der Waals surface area contributed by atoms with Crippen LogP contribution in [0.4, 0.5) is 0 Å². The van der Waals surface area contributed by atoms with Crippen LogP contribution < -0.4 is 18.9 Å². The highest BCUT2D eigenvalue weighted by molar-refractivity contribution is 7.91. The maximum absolute atomic E-state index is 13.1. The Kier molecular flexibility index (Phi) is 19.6. The Morgan fingerprint density at radius 1 is 0.321 bits per heavy atom. The van der Waals surface area contributed by atoms with Crippen molar-refractivity contribution < 1.29 is 45.4 Å². The van der Waals surface area contributed by atoms with Gasteiger partial charge in [-0.3, -0.25) is 9.59 Å². The molecule has 10 aromatic rings. The molecule has 84 heavy (non-hydrogen) atoms. The summed E-state index contributed by atoms with van der Waals surface area (Å²) in [6.45, 7) is 7.50. The van der Waals surface area contributed by atoms with E-state index < -0.39 is 19.7 Å². The third-order valence-corrected chi connectivity index (χ3v) is 16.6. The van der Waals surface area contributed by atoms with Gasteiger partial charge in [0.2, 0.25) is 19.7 Å². The standard InChI is InChI=1S/C39H30O7S2.C29H20N2O3.2CH4/c1-27-3-19-35(20-4-27)47(41,42)37-23-15-33(16-24-37)45-31-11-7-29(8-12-31)39(40)30-9-13-32(14-10-30)46-34-17-25-38(26-18-34)48(43,44)36-21-5-28(2)6-22-36;1-19-5-3-7-27(25(19)17-30)33-23-13-9-21(10-14-23)29(32)22-11-15-24(16-12-22)34-28-8-4-6-20(2)26(28)18-31;;/h3-26H,1-2H3;3-16H,1-2H3;2*1H4. The molecule has 0 aromatic heterocycles. The molecular weight excluding hydrogens is 1090 g/mol. The smallest absolute Gasteiger partial charge is 0.206 e. The fraction of sp³-hybridized carbons (Fsp3) is 0.0857. The van der Waals surface area contributed by atoms with Crippen LogP contribution in [0, 0.1) is 50.4 Å². The van der Waals surface area contributed by atoms with Gasteiger partial charge >= 0.3 is 0 Å². The molecule has 0 fully saturated rings. The highest BCUT2D eigenvalue weighted by Gasteiger charge is 2.20. The monoisotopic (exact) mass is 1150 g/mol. The summed E-state index contributed by atoms with van der Waals surface area (Å²) in [5.74, 6) is 3.58. The summed E-state index contributed by atoms with van der Waals surface area (Å²) in [6.07, 6.45) is 0. The number of rotatable bonds is 16. The minimum atomic E-state index is -3.64. The lowest BCUT2D eigenvalue weighted by molar-refractivity contribution is 0.103. The van der Waals surface area contributed by atoms with Crippen molar-refractivity contribution in [2.45, 2.75) is 62.1 Å². The maximum Gasteiger partial charge on any atom is 0.206 e. The summed E-state index contributed by atoms with van der Waals surface area (Å²) in [7, 11) is -7.29. The molecule has 14 heteroatoms. The molecule has 0 bridgehead atoms. The highest BCUT2D eigenvalue weighted by atomic mass is 32.2. The SMILES string of the molecule is C.C.Cc1ccc(S(=O)(=O)c2ccc(Oc3ccc(C(=O)c4ccc(Oc5ccc(S(=O)(=O)c6ccc(C)cc6)cc5)cc4)cc3)cc2)cc1.Cc1cccc(Oc2ccc(C(=O)c3ccc(Oc4cccc(C)c4C#N)cc3)cc2)c1C#N. The van der Waals surface area contributed by atoms with Crippen molar-refractivity contribution in [3.63, 3.8) is 0 Å². The molecule has 10 aromatic carbocycles. The number of sulfone groups is 2. The summed E-state index contributed by atoms with van der Waals surface area (Å²) >= 11 is 0. The van der Waals surface area contributed by atoms with Gasteiger partial charge < -0.3 is 18.9 Å².